The predicted molar refractivity (Wildman–Crippen MR) is 98.2 cm³/mol. The van der Waals surface area contributed by atoms with Gasteiger partial charge in [-0.2, -0.15) is 0 Å². The van der Waals surface area contributed by atoms with Crippen molar-refractivity contribution < 1.29 is 12.8 Å². The van der Waals surface area contributed by atoms with E-state index in [4.69, 9.17) is 12.2 Å². The molecule has 2 aromatic carbocycles. The van der Waals surface area contributed by atoms with E-state index in [0.29, 0.717) is 10.8 Å². The average Bonchev–Trinajstić information content (AvgIpc) is 2.55. The van der Waals surface area contributed by atoms with Crippen molar-refractivity contribution in [3.05, 3.63) is 54.3 Å². The second-order valence-corrected chi connectivity index (χ2v) is 7.08. The number of hydrogen-bond acceptors (Lipinski definition) is 3. The van der Waals surface area contributed by atoms with Crippen molar-refractivity contribution in [3.8, 4) is 0 Å². The van der Waals surface area contributed by atoms with E-state index in [1.807, 2.05) is 6.92 Å². The van der Waals surface area contributed by atoms with Crippen LogP contribution >= 0.6 is 12.2 Å². The highest BCUT2D eigenvalue weighted by Crippen LogP contribution is 2.21. The highest BCUT2D eigenvalue weighted by Gasteiger charge is 2.16. The molecule has 24 heavy (non-hydrogen) atoms. The largest absolute Gasteiger partial charge is 0.362 e. The molecule has 0 spiro atoms. The van der Waals surface area contributed by atoms with Gasteiger partial charge in [-0.25, -0.2) is 12.8 Å². The van der Waals surface area contributed by atoms with Crippen molar-refractivity contribution in [1.82, 2.24) is 5.32 Å². The first-order chi connectivity index (χ1) is 11.4. The summed E-state index contributed by atoms with van der Waals surface area (Å²) in [7, 11) is -3.90. The van der Waals surface area contributed by atoms with E-state index < -0.39 is 15.8 Å². The minimum absolute atomic E-state index is 0.00837. The molecule has 0 aliphatic carbocycles. The third-order valence-corrected chi connectivity index (χ3v) is 4.67. The Bertz CT molecular complexity index is 826. The van der Waals surface area contributed by atoms with Gasteiger partial charge in [-0.3, -0.25) is 4.72 Å². The van der Waals surface area contributed by atoms with E-state index in [2.05, 4.69) is 15.4 Å². The van der Waals surface area contributed by atoms with Crippen LogP contribution in [-0.2, 0) is 10.0 Å². The summed E-state index contributed by atoms with van der Waals surface area (Å²) in [6.45, 7) is 2.73. The van der Waals surface area contributed by atoms with E-state index in [0.717, 1.165) is 13.0 Å². The Balaban J connectivity index is 2.17. The van der Waals surface area contributed by atoms with Gasteiger partial charge in [-0.15, -0.1) is 0 Å². The zero-order valence-electron chi connectivity index (χ0n) is 13.0. The summed E-state index contributed by atoms with van der Waals surface area (Å²) in [4.78, 5) is 0.00837. The molecule has 0 saturated heterocycles. The van der Waals surface area contributed by atoms with Crippen LogP contribution in [0.25, 0.3) is 0 Å². The van der Waals surface area contributed by atoms with Crippen LogP contribution in [0.4, 0.5) is 15.8 Å². The molecule has 2 aromatic rings. The van der Waals surface area contributed by atoms with Crippen LogP contribution in [0.3, 0.4) is 0 Å². The molecule has 0 bridgehead atoms. The number of halogens is 1. The van der Waals surface area contributed by atoms with Gasteiger partial charge in [0.1, 0.15) is 5.82 Å². The van der Waals surface area contributed by atoms with Crippen molar-refractivity contribution in [2.45, 2.75) is 18.2 Å². The Morgan fingerprint density at radius 2 is 1.92 bits per heavy atom. The zero-order valence-corrected chi connectivity index (χ0v) is 14.7. The van der Waals surface area contributed by atoms with Gasteiger partial charge in [0.05, 0.1) is 10.6 Å². The maximum Gasteiger partial charge on any atom is 0.262 e. The fourth-order valence-electron chi connectivity index (χ4n) is 1.90. The average molecular weight is 367 g/mol. The summed E-state index contributed by atoms with van der Waals surface area (Å²) in [5.41, 5.74) is 0.427. The summed E-state index contributed by atoms with van der Waals surface area (Å²) < 4.78 is 40.7. The lowest BCUT2D eigenvalue weighted by molar-refractivity contribution is 0.598. The molecule has 0 heterocycles. The fourth-order valence-corrected chi connectivity index (χ4v) is 3.24. The van der Waals surface area contributed by atoms with E-state index in [1.165, 1.54) is 30.3 Å². The van der Waals surface area contributed by atoms with E-state index >= 15 is 0 Å². The minimum Gasteiger partial charge on any atom is -0.362 e. The molecule has 0 aromatic heterocycles. The quantitative estimate of drug-likeness (QED) is 0.683. The number of benzene rings is 2. The van der Waals surface area contributed by atoms with E-state index in [-0.39, 0.29) is 10.6 Å². The number of nitrogens with one attached hydrogen (secondary N) is 3. The first-order valence-corrected chi connectivity index (χ1v) is 9.24. The third-order valence-electron chi connectivity index (χ3n) is 3.06. The number of thiocarbonyl (C=S) groups is 1. The topological polar surface area (TPSA) is 70.2 Å². The smallest absolute Gasteiger partial charge is 0.262 e. The molecule has 128 valence electrons. The zero-order chi connectivity index (χ0) is 17.6. The van der Waals surface area contributed by atoms with Crippen LogP contribution in [0.2, 0.25) is 0 Å². The molecule has 0 aliphatic heterocycles. The SMILES string of the molecule is CCCNC(=S)Nc1cccc(S(=O)(=O)Nc2ccccc2F)c1. The lowest BCUT2D eigenvalue weighted by Gasteiger charge is -2.12. The molecular formula is C16H18FN3O2S2. The van der Waals surface area contributed by atoms with Gasteiger partial charge in [0.25, 0.3) is 10.0 Å². The van der Waals surface area contributed by atoms with Gasteiger partial charge in [0.15, 0.2) is 5.11 Å². The van der Waals surface area contributed by atoms with Gasteiger partial charge < -0.3 is 10.6 Å². The first kappa shape index (κ1) is 18.2. The molecule has 2 rings (SSSR count). The summed E-state index contributed by atoms with van der Waals surface area (Å²) in [6.07, 6.45) is 0.919. The highest BCUT2D eigenvalue weighted by atomic mass is 32.2. The number of anilines is 2. The van der Waals surface area contributed by atoms with Crippen LogP contribution in [0.5, 0.6) is 0 Å². The van der Waals surface area contributed by atoms with Crippen molar-refractivity contribution in [2.75, 3.05) is 16.6 Å². The number of rotatable bonds is 6. The Morgan fingerprint density at radius 1 is 1.17 bits per heavy atom. The van der Waals surface area contributed by atoms with Crippen molar-refractivity contribution >= 4 is 38.7 Å². The summed E-state index contributed by atoms with van der Waals surface area (Å²) >= 11 is 5.12. The maximum absolute atomic E-state index is 13.6. The molecule has 0 saturated carbocycles. The molecular weight excluding hydrogens is 349 g/mol. The maximum atomic E-state index is 13.6. The van der Waals surface area contributed by atoms with Gasteiger partial charge in [0, 0.05) is 12.2 Å². The summed E-state index contributed by atoms with van der Waals surface area (Å²) in [5.74, 6) is -0.639. The van der Waals surface area contributed by atoms with Gasteiger partial charge in [-0.05, 0) is 49.0 Å². The van der Waals surface area contributed by atoms with Gasteiger partial charge in [-0.1, -0.05) is 25.1 Å². The number of hydrogen-bond donors (Lipinski definition) is 3. The van der Waals surface area contributed by atoms with Crippen molar-refractivity contribution in [3.63, 3.8) is 0 Å². The van der Waals surface area contributed by atoms with Crippen LogP contribution in [0, 0.1) is 5.82 Å². The number of sulfonamides is 1. The normalized spacial score (nSPS) is 10.9. The number of para-hydroxylation sites is 1. The Hall–Kier alpha value is -2.19. The third kappa shape index (κ3) is 4.90. The second-order valence-electron chi connectivity index (χ2n) is 4.99. The lowest BCUT2D eigenvalue weighted by atomic mass is 10.3. The first-order valence-electron chi connectivity index (χ1n) is 7.34. The van der Waals surface area contributed by atoms with Crippen LogP contribution in [-0.4, -0.2) is 20.1 Å². The van der Waals surface area contributed by atoms with Crippen molar-refractivity contribution in [1.29, 1.82) is 0 Å². The van der Waals surface area contributed by atoms with E-state index in [9.17, 15) is 12.8 Å². The van der Waals surface area contributed by atoms with Crippen LogP contribution in [0.1, 0.15) is 13.3 Å². The van der Waals surface area contributed by atoms with Crippen molar-refractivity contribution in [2.24, 2.45) is 0 Å². The monoisotopic (exact) mass is 367 g/mol. The Labute approximate surface area is 146 Å². The molecule has 0 fully saturated rings. The molecule has 0 unspecified atom stereocenters. The Morgan fingerprint density at radius 3 is 2.62 bits per heavy atom. The molecule has 5 nitrogen and oxygen atoms in total. The minimum atomic E-state index is -3.90. The molecule has 0 atom stereocenters. The molecule has 0 amide bonds. The van der Waals surface area contributed by atoms with Crippen LogP contribution < -0.4 is 15.4 Å². The standard InChI is InChI=1S/C16H18FN3O2S2/c1-2-10-18-16(23)19-12-6-5-7-13(11-12)24(21,22)20-15-9-4-3-8-14(15)17/h3-9,11,20H,2,10H2,1H3,(H2,18,19,23). The molecule has 0 radical (unpaired) electrons. The molecule has 8 heteroatoms. The highest BCUT2D eigenvalue weighted by molar-refractivity contribution is 7.92. The predicted octanol–water partition coefficient (Wildman–Crippen LogP) is 3.32. The lowest BCUT2D eigenvalue weighted by Crippen LogP contribution is -2.29. The van der Waals surface area contributed by atoms with Gasteiger partial charge in [0.2, 0.25) is 0 Å². The van der Waals surface area contributed by atoms with E-state index in [1.54, 1.807) is 18.2 Å². The fraction of sp³-hybridized carbons (Fsp3) is 0.188. The van der Waals surface area contributed by atoms with Gasteiger partial charge >= 0.3 is 0 Å². The van der Waals surface area contributed by atoms with Crippen LogP contribution in [0.15, 0.2) is 53.4 Å². The molecule has 0 aliphatic rings. The molecule has 3 N–H and O–H groups in total. The summed E-state index contributed by atoms with van der Waals surface area (Å²) in [5, 5.41) is 6.32. The second kappa shape index (κ2) is 8.07. The summed E-state index contributed by atoms with van der Waals surface area (Å²) in [6, 6.07) is 11.7. The Kier molecular flexibility index (Phi) is 6.10.